The van der Waals surface area contributed by atoms with Gasteiger partial charge in [0.15, 0.2) is 0 Å². The van der Waals surface area contributed by atoms with E-state index in [1.165, 1.54) is 5.56 Å². The number of Topliss-reactive ketones (excluding diaryl/α,β-unsaturated/α-hetero) is 1. The maximum Gasteiger partial charge on any atom is 0.130 e. The average Bonchev–Trinajstić information content (AvgIpc) is 2.37. The topological polar surface area (TPSA) is 17.1 Å². The first-order valence-corrected chi connectivity index (χ1v) is 6.37. The molecular formula is C16H15ClO. The minimum atomic E-state index is 0.229. The molecule has 2 heteroatoms. The lowest BCUT2D eigenvalue weighted by Gasteiger charge is -2.05. The van der Waals surface area contributed by atoms with Gasteiger partial charge in [0.05, 0.1) is 0 Å². The van der Waals surface area contributed by atoms with Gasteiger partial charge in [0.2, 0.25) is 0 Å². The third-order valence-electron chi connectivity index (χ3n) is 2.87. The summed E-state index contributed by atoms with van der Waals surface area (Å²) in [5.74, 6) is 0.229. The molecule has 0 aliphatic heterocycles. The zero-order chi connectivity index (χ0) is 13.0. The average molecular weight is 259 g/mol. The number of carbonyl (C=O) groups is 1. The van der Waals surface area contributed by atoms with Crippen molar-refractivity contribution in [3.05, 3.63) is 59.1 Å². The van der Waals surface area contributed by atoms with Crippen LogP contribution in [0.1, 0.15) is 18.9 Å². The second kappa shape index (κ2) is 5.83. The number of halogens is 1. The Morgan fingerprint density at radius 3 is 2.44 bits per heavy atom. The van der Waals surface area contributed by atoms with Gasteiger partial charge in [0.25, 0.3) is 0 Å². The van der Waals surface area contributed by atoms with Crippen molar-refractivity contribution in [2.24, 2.45) is 0 Å². The van der Waals surface area contributed by atoms with E-state index in [-0.39, 0.29) is 5.78 Å². The van der Waals surface area contributed by atoms with E-state index in [4.69, 9.17) is 11.6 Å². The Bertz CT molecular complexity index is 543. The molecule has 2 aromatic carbocycles. The van der Waals surface area contributed by atoms with Gasteiger partial charge in [-0.15, -0.1) is 0 Å². The van der Waals surface area contributed by atoms with E-state index < -0.39 is 0 Å². The molecule has 0 fully saturated rings. The molecule has 0 bridgehead atoms. The summed E-state index contributed by atoms with van der Waals surface area (Å²) in [6, 6.07) is 16.1. The zero-order valence-electron chi connectivity index (χ0n) is 10.3. The lowest BCUT2D eigenvalue weighted by molar-refractivity contribution is -0.116. The van der Waals surface area contributed by atoms with Gasteiger partial charge in [-0.05, 0) is 42.2 Å². The molecule has 0 saturated carbocycles. The summed E-state index contributed by atoms with van der Waals surface area (Å²) in [4.78, 5) is 11.0. The van der Waals surface area contributed by atoms with Crippen LogP contribution in [-0.2, 0) is 11.2 Å². The molecule has 0 N–H and O–H groups in total. The molecule has 0 saturated heterocycles. The Morgan fingerprint density at radius 2 is 1.78 bits per heavy atom. The van der Waals surface area contributed by atoms with Gasteiger partial charge in [-0.2, -0.15) is 0 Å². The predicted molar refractivity (Wildman–Crippen MR) is 75.9 cm³/mol. The van der Waals surface area contributed by atoms with Crippen LogP contribution in [0.25, 0.3) is 11.1 Å². The fourth-order valence-corrected chi connectivity index (χ4v) is 2.00. The number of aryl methyl sites for hydroxylation is 1. The van der Waals surface area contributed by atoms with Crippen molar-refractivity contribution in [3.63, 3.8) is 0 Å². The molecule has 0 radical (unpaired) electrons. The second-order valence-corrected chi connectivity index (χ2v) is 4.85. The standard InChI is InChI=1S/C16H15ClO/c1-12(18)5-6-13-3-2-4-15(11-13)14-7-9-16(17)10-8-14/h2-4,7-11H,5-6H2,1H3. The SMILES string of the molecule is CC(=O)CCc1cccc(-c2ccc(Cl)cc2)c1. The summed E-state index contributed by atoms with van der Waals surface area (Å²) in [6.07, 6.45) is 1.40. The number of rotatable bonds is 4. The van der Waals surface area contributed by atoms with Gasteiger partial charge in [-0.25, -0.2) is 0 Å². The van der Waals surface area contributed by atoms with Gasteiger partial charge in [0, 0.05) is 11.4 Å². The normalized spacial score (nSPS) is 10.3. The largest absolute Gasteiger partial charge is 0.300 e. The monoisotopic (exact) mass is 258 g/mol. The number of hydrogen-bond donors (Lipinski definition) is 0. The molecule has 0 unspecified atom stereocenters. The van der Waals surface area contributed by atoms with E-state index in [1.54, 1.807) is 6.92 Å². The fourth-order valence-electron chi connectivity index (χ4n) is 1.87. The zero-order valence-corrected chi connectivity index (χ0v) is 11.1. The minimum Gasteiger partial charge on any atom is -0.300 e. The van der Waals surface area contributed by atoms with Crippen LogP contribution in [0.2, 0.25) is 5.02 Å². The van der Waals surface area contributed by atoms with Crippen LogP contribution in [0.3, 0.4) is 0 Å². The maximum atomic E-state index is 11.0. The highest BCUT2D eigenvalue weighted by Gasteiger charge is 2.01. The molecule has 0 aliphatic carbocycles. The molecule has 18 heavy (non-hydrogen) atoms. The minimum absolute atomic E-state index is 0.229. The Hall–Kier alpha value is -1.60. The Balaban J connectivity index is 2.21. The maximum absolute atomic E-state index is 11.0. The van der Waals surface area contributed by atoms with Crippen molar-refractivity contribution in [3.8, 4) is 11.1 Å². The van der Waals surface area contributed by atoms with Crippen molar-refractivity contribution in [1.82, 2.24) is 0 Å². The molecule has 0 heterocycles. The number of ketones is 1. The van der Waals surface area contributed by atoms with Crippen molar-refractivity contribution in [2.45, 2.75) is 19.8 Å². The molecule has 0 aromatic heterocycles. The first-order chi connectivity index (χ1) is 8.65. The van der Waals surface area contributed by atoms with Crippen molar-refractivity contribution in [2.75, 3.05) is 0 Å². The van der Waals surface area contributed by atoms with Crippen LogP contribution in [0.5, 0.6) is 0 Å². The molecule has 1 nitrogen and oxygen atoms in total. The smallest absolute Gasteiger partial charge is 0.130 e. The molecule has 2 aromatic rings. The van der Waals surface area contributed by atoms with E-state index in [1.807, 2.05) is 30.3 Å². The Kier molecular flexibility index (Phi) is 4.16. The Labute approximate surface area is 112 Å². The lowest BCUT2D eigenvalue weighted by atomic mass is 10.0. The van der Waals surface area contributed by atoms with Crippen molar-refractivity contribution < 1.29 is 4.79 Å². The molecule has 0 aliphatic rings. The van der Waals surface area contributed by atoms with Crippen molar-refractivity contribution >= 4 is 17.4 Å². The molecular weight excluding hydrogens is 244 g/mol. The second-order valence-electron chi connectivity index (χ2n) is 4.41. The quantitative estimate of drug-likeness (QED) is 0.788. The van der Waals surface area contributed by atoms with E-state index in [2.05, 4.69) is 18.2 Å². The van der Waals surface area contributed by atoms with Gasteiger partial charge < -0.3 is 4.79 Å². The van der Waals surface area contributed by atoms with Crippen LogP contribution in [0.15, 0.2) is 48.5 Å². The van der Waals surface area contributed by atoms with Crippen molar-refractivity contribution in [1.29, 1.82) is 0 Å². The molecule has 0 spiro atoms. The summed E-state index contributed by atoms with van der Waals surface area (Å²) in [6.45, 7) is 1.63. The van der Waals surface area contributed by atoms with E-state index in [0.717, 1.165) is 22.6 Å². The summed E-state index contributed by atoms with van der Waals surface area (Å²) < 4.78 is 0. The summed E-state index contributed by atoms with van der Waals surface area (Å²) in [7, 11) is 0. The Morgan fingerprint density at radius 1 is 1.06 bits per heavy atom. The van der Waals surface area contributed by atoms with Gasteiger partial charge >= 0.3 is 0 Å². The summed E-state index contributed by atoms with van der Waals surface area (Å²) in [5.41, 5.74) is 3.49. The van der Waals surface area contributed by atoms with Crippen LogP contribution in [-0.4, -0.2) is 5.78 Å². The highest BCUT2D eigenvalue weighted by molar-refractivity contribution is 6.30. The summed E-state index contributed by atoms with van der Waals surface area (Å²) in [5, 5.41) is 0.742. The molecule has 0 atom stereocenters. The van der Waals surface area contributed by atoms with E-state index >= 15 is 0 Å². The van der Waals surface area contributed by atoms with Crippen LogP contribution in [0.4, 0.5) is 0 Å². The van der Waals surface area contributed by atoms with Crippen LogP contribution < -0.4 is 0 Å². The number of benzene rings is 2. The highest BCUT2D eigenvalue weighted by Crippen LogP contribution is 2.22. The van der Waals surface area contributed by atoms with Gasteiger partial charge in [0.1, 0.15) is 5.78 Å². The number of hydrogen-bond acceptors (Lipinski definition) is 1. The van der Waals surface area contributed by atoms with E-state index in [0.29, 0.717) is 6.42 Å². The number of carbonyl (C=O) groups excluding carboxylic acids is 1. The third kappa shape index (κ3) is 3.44. The molecule has 2 rings (SSSR count). The first kappa shape index (κ1) is 12.8. The molecule has 92 valence electrons. The van der Waals surface area contributed by atoms with Gasteiger partial charge in [-0.3, -0.25) is 0 Å². The van der Waals surface area contributed by atoms with Crippen LogP contribution in [0, 0.1) is 0 Å². The van der Waals surface area contributed by atoms with Gasteiger partial charge in [-0.1, -0.05) is 48.0 Å². The first-order valence-electron chi connectivity index (χ1n) is 5.99. The fraction of sp³-hybridized carbons (Fsp3) is 0.188. The molecule has 0 amide bonds. The predicted octanol–water partition coefficient (Wildman–Crippen LogP) is 4.53. The summed E-state index contributed by atoms with van der Waals surface area (Å²) >= 11 is 5.88. The highest BCUT2D eigenvalue weighted by atomic mass is 35.5. The van der Waals surface area contributed by atoms with E-state index in [9.17, 15) is 4.79 Å². The van der Waals surface area contributed by atoms with Crippen LogP contribution >= 0.6 is 11.6 Å². The lowest BCUT2D eigenvalue weighted by Crippen LogP contribution is -1.94. The third-order valence-corrected chi connectivity index (χ3v) is 3.12.